The molecular formula is C25H26F6N4O4. The van der Waals surface area contributed by atoms with Crippen LogP contribution in [0.2, 0.25) is 0 Å². The maximum atomic E-state index is 13.2. The molecule has 1 unspecified atom stereocenters. The Morgan fingerprint density at radius 2 is 1.64 bits per heavy atom. The van der Waals surface area contributed by atoms with E-state index in [1.54, 1.807) is 4.90 Å². The Morgan fingerprint density at radius 1 is 0.974 bits per heavy atom. The zero-order valence-electron chi connectivity index (χ0n) is 20.6. The van der Waals surface area contributed by atoms with Crippen molar-refractivity contribution in [2.45, 2.75) is 43.8 Å². The predicted molar refractivity (Wildman–Crippen MR) is 129 cm³/mol. The standard InChI is InChI=1S/C25H26F6N4O4/c26-24(27,28)16-1-5-19(6-2-16)33-9-11-34(12-10-33)23(36)15-39-20-7-3-17(13-20)32-18-4-8-22(35(37)38)21(14-18)25(29,30)31/h1-2,4-6,8,14,17,20,32H,3,7,9-13,15H2/t17-,20?/m1/s1. The Kier molecular flexibility index (Phi) is 8.23. The topological polar surface area (TPSA) is 87.9 Å². The molecule has 0 aromatic heterocycles. The van der Waals surface area contributed by atoms with Crippen LogP contribution in [0.5, 0.6) is 0 Å². The van der Waals surface area contributed by atoms with Crippen molar-refractivity contribution in [1.82, 2.24) is 4.90 Å². The van der Waals surface area contributed by atoms with Crippen molar-refractivity contribution in [3.63, 3.8) is 0 Å². The Labute approximate surface area is 219 Å². The number of benzene rings is 2. The van der Waals surface area contributed by atoms with Gasteiger partial charge in [-0.05, 0) is 55.7 Å². The smallest absolute Gasteiger partial charge is 0.382 e. The van der Waals surface area contributed by atoms with Crippen molar-refractivity contribution in [3.8, 4) is 0 Å². The lowest BCUT2D eigenvalue weighted by molar-refractivity contribution is -0.388. The summed E-state index contributed by atoms with van der Waals surface area (Å²) in [7, 11) is 0. The minimum Gasteiger partial charge on any atom is -0.382 e. The second-order valence-corrected chi connectivity index (χ2v) is 9.49. The summed E-state index contributed by atoms with van der Waals surface area (Å²) in [5.74, 6) is -0.219. The molecule has 39 heavy (non-hydrogen) atoms. The molecule has 14 heteroatoms. The molecule has 4 rings (SSSR count). The molecule has 0 bridgehead atoms. The first-order chi connectivity index (χ1) is 18.3. The van der Waals surface area contributed by atoms with E-state index in [0.29, 0.717) is 51.1 Å². The summed E-state index contributed by atoms with van der Waals surface area (Å²) in [5.41, 5.74) is -2.31. The SMILES string of the molecule is O=C(COC1CC[C@@H](Nc2ccc([N+](=O)[O-])c(C(F)(F)F)c2)C1)N1CCN(c2ccc(C(F)(F)F)cc2)CC1. The number of ether oxygens (including phenoxy) is 1. The van der Waals surface area contributed by atoms with Crippen LogP contribution in [0.25, 0.3) is 0 Å². The van der Waals surface area contributed by atoms with Crippen LogP contribution in [0.3, 0.4) is 0 Å². The molecular weight excluding hydrogens is 534 g/mol. The molecule has 2 aromatic carbocycles. The third-order valence-corrected chi connectivity index (χ3v) is 6.89. The van der Waals surface area contributed by atoms with Crippen LogP contribution in [-0.4, -0.2) is 60.7 Å². The van der Waals surface area contributed by atoms with Crippen LogP contribution >= 0.6 is 0 Å². The van der Waals surface area contributed by atoms with Gasteiger partial charge in [0.15, 0.2) is 0 Å². The van der Waals surface area contributed by atoms with Gasteiger partial charge in [0.05, 0.1) is 16.6 Å². The summed E-state index contributed by atoms with van der Waals surface area (Å²) < 4.78 is 83.7. The van der Waals surface area contributed by atoms with Crippen LogP contribution in [0.4, 0.5) is 43.4 Å². The summed E-state index contributed by atoms with van der Waals surface area (Å²) in [6.45, 7) is 1.54. The third-order valence-electron chi connectivity index (χ3n) is 6.89. The normalized spacial score (nSPS) is 20.3. The fourth-order valence-electron chi connectivity index (χ4n) is 4.83. The van der Waals surface area contributed by atoms with Crippen LogP contribution in [-0.2, 0) is 21.9 Å². The van der Waals surface area contributed by atoms with Gasteiger partial charge in [0, 0.05) is 49.7 Å². The van der Waals surface area contributed by atoms with Crippen LogP contribution in [0, 0.1) is 10.1 Å². The van der Waals surface area contributed by atoms with Crippen molar-refractivity contribution in [1.29, 1.82) is 0 Å². The highest BCUT2D eigenvalue weighted by atomic mass is 19.4. The lowest BCUT2D eigenvalue weighted by Gasteiger charge is -2.36. The molecule has 1 saturated heterocycles. The summed E-state index contributed by atoms with van der Waals surface area (Å²) >= 11 is 0. The van der Waals surface area contributed by atoms with E-state index in [-0.39, 0.29) is 30.3 Å². The lowest BCUT2D eigenvalue weighted by Crippen LogP contribution is -2.50. The molecule has 2 aromatic rings. The molecule has 1 amide bonds. The molecule has 1 aliphatic carbocycles. The molecule has 2 fully saturated rings. The second kappa shape index (κ2) is 11.3. The molecule has 1 heterocycles. The van der Waals surface area contributed by atoms with Gasteiger partial charge in [-0.2, -0.15) is 26.3 Å². The van der Waals surface area contributed by atoms with E-state index in [0.717, 1.165) is 24.3 Å². The number of rotatable bonds is 7. The summed E-state index contributed by atoms with van der Waals surface area (Å²) in [6, 6.07) is 7.44. The summed E-state index contributed by atoms with van der Waals surface area (Å²) in [6.07, 6.45) is -7.92. The van der Waals surface area contributed by atoms with Crippen molar-refractivity contribution < 1.29 is 40.8 Å². The quantitative estimate of drug-likeness (QED) is 0.280. The van der Waals surface area contributed by atoms with Gasteiger partial charge in [-0.3, -0.25) is 14.9 Å². The highest BCUT2D eigenvalue weighted by molar-refractivity contribution is 5.77. The van der Waals surface area contributed by atoms with Gasteiger partial charge in [0.1, 0.15) is 12.2 Å². The second-order valence-electron chi connectivity index (χ2n) is 9.49. The molecule has 0 radical (unpaired) electrons. The number of nitrogens with one attached hydrogen (secondary N) is 1. The average molecular weight is 560 g/mol. The summed E-state index contributed by atoms with van der Waals surface area (Å²) in [5, 5.41) is 13.9. The van der Waals surface area contributed by atoms with Crippen LogP contribution in [0.15, 0.2) is 42.5 Å². The number of alkyl halides is 6. The largest absolute Gasteiger partial charge is 0.423 e. The number of anilines is 2. The van der Waals surface area contributed by atoms with E-state index in [1.807, 2.05) is 4.90 Å². The van der Waals surface area contributed by atoms with Crippen molar-refractivity contribution >= 4 is 23.0 Å². The molecule has 2 atom stereocenters. The number of carbonyl (C=O) groups is 1. The number of nitro benzene ring substituents is 1. The highest BCUT2D eigenvalue weighted by Crippen LogP contribution is 2.38. The average Bonchev–Trinajstić information content (AvgIpc) is 3.33. The number of nitro groups is 1. The number of halogens is 6. The van der Waals surface area contributed by atoms with E-state index in [9.17, 15) is 41.3 Å². The molecule has 1 aliphatic heterocycles. The van der Waals surface area contributed by atoms with E-state index in [4.69, 9.17) is 4.74 Å². The fourth-order valence-corrected chi connectivity index (χ4v) is 4.83. The number of piperazine rings is 1. The number of amides is 1. The molecule has 212 valence electrons. The van der Waals surface area contributed by atoms with Gasteiger partial charge in [-0.15, -0.1) is 0 Å². The molecule has 1 saturated carbocycles. The maximum Gasteiger partial charge on any atom is 0.423 e. The number of nitrogens with zero attached hydrogens (tertiary/aromatic N) is 3. The van der Waals surface area contributed by atoms with E-state index >= 15 is 0 Å². The van der Waals surface area contributed by atoms with Gasteiger partial charge in [-0.1, -0.05) is 0 Å². The third kappa shape index (κ3) is 7.11. The molecule has 2 aliphatic rings. The first kappa shape index (κ1) is 28.5. The minimum absolute atomic E-state index is 0.112. The Bertz CT molecular complexity index is 1180. The van der Waals surface area contributed by atoms with E-state index in [1.165, 1.54) is 18.2 Å². The van der Waals surface area contributed by atoms with Crippen LogP contribution in [0.1, 0.15) is 30.4 Å². The molecule has 8 nitrogen and oxygen atoms in total. The number of hydrogen-bond acceptors (Lipinski definition) is 6. The van der Waals surface area contributed by atoms with Gasteiger partial charge in [-0.25, -0.2) is 0 Å². The van der Waals surface area contributed by atoms with Crippen LogP contribution < -0.4 is 10.2 Å². The van der Waals surface area contributed by atoms with E-state index < -0.39 is 34.1 Å². The van der Waals surface area contributed by atoms with Gasteiger partial charge >= 0.3 is 12.4 Å². The Balaban J connectivity index is 1.22. The van der Waals surface area contributed by atoms with Gasteiger partial charge in [0.2, 0.25) is 5.91 Å². The maximum absolute atomic E-state index is 13.2. The fraction of sp³-hybridized carbons (Fsp3) is 0.480. The Hall–Kier alpha value is -3.55. The van der Waals surface area contributed by atoms with Crippen molar-refractivity contribution in [2.75, 3.05) is 43.0 Å². The minimum atomic E-state index is -4.87. The number of carbonyl (C=O) groups excluding carboxylic acids is 1. The summed E-state index contributed by atoms with van der Waals surface area (Å²) in [4.78, 5) is 26.0. The monoisotopic (exact) mass is 560 g/mol. The molecule has 0 spiro atoms. The van der Waals surface area contributed by atoms with Gasteiger partial charge < -0.3 is 19.9 Å². The van der Waals surface area contributed by atoms with Crippen molar-refractivity contribution in [2.24, 2.45) is 0 Å². The zero-order chi connectivity index (χ0) is 28.4. The van der Waals surface area contributed by atoms with Crippen molar-refractivity contribution in [3.05, 3.63) is 63.7 Å². The predicted octanol–water partition coefficient (Wildman–Crippen LogP) is 5.33. The molecule has 1 N–H and O–H groups in total. The number of hydrogen-bond donors (Lipinski definition) is 1. The lowest BCUT2D eigenvalue weighted by atomic mass is 10.1. The van der Waals surface area contributed by atoms with Gasteiger partial charge in [0.25, 0.3) is 5.69 Å². The van der Waals surface area contributed by atoms with E-state index in [2.05, 4.69) is 5.32 Å². The Morgan fingerprint density at radius 3 is 2.23 bits per heavy atom. The first-order valence-electron chi connectivity index (χ1n) is 12.2. The first-order valence-corrected chi connectivity index (χ1v) is 12.2. The zero-order valence-corrected chi connectivity index (χ0v) is 20.6. The highest BCUT2D eigenvalue weighted by Gasteiger charge is 2.39.